The summed E-state index contributed by atoms with van der Waals surface area (Å²) in [6, 6.07) is 0. The molecule has 0 N–H and O–H groups in total. The smallest absolute Gasteiger partial charge is 0.308 e. The number of carbonyl (C=O) groups is 1. The van der Waals surface area contributed by atoms with E-state index in [-0.39, 0.29) is 17.6 Å². The minimum absolute atomic E-state index is 0.132. The molecule has 17 heavy (non-hydrogen) atoms. The van der Waals surface area contributed by atoms with E-state index in [2.05, 4.69) is 4.74 Å². The van der Waals surface area contributed by atoms with Crippen LogP contribution in [-0.4, -0.2) is 44.6 Å². The molecule has 6 heteroatoms. The Morgan fingerprint density at radius 3 is 2.29 bits per heavy atom. The molecule has 98 valence electrons. The van der Waals surface area contributed by atoms with Crippen molar-refractivity contribution in [3.05, 3.63) is 0 Å². The van der Waals surface area contributed by atoms with E-state index < -0.39 is 10.0 Å². The lowest BCUT2D eigenvalue weighted by atomic mass is 9.99. The van der Waals surface area contributed by atoms with E-state index in [4.69, 9.17) is 0 Å². The highest BCUT2D eigenvalue weighted by molar-refractivity contribution is 7.89. The van der Waals surface area contributed by atoms with E-state index in [9.17, 15) is 13.2 Å². The van der Waals surface area contributed by atoms with Crippen molar-refractivity contribution in [1.29, 1.82) is 0 Å². The van der Waals surface area contributed by atoms with Gasteiger partial charge in [-0.25, -0.2) is 12.7 Å². The summed E-state index contributed by atoms with van der Waals surface area (Å²) in [4.78, 5) is 11.3. The highest BCUT2D eigenvalue weighted by Gasteiger charge is 2.35. The van der Waals surface area contributed by atoms with E-state index in [0.29, 0.717) is 31.8 Å². The van der Waals surface area contributed by atoms with Crippen molar-refractivity contribution in [3.8, 4) is 0 Å². The second-order valence-electron chi connectivity index (χ2n) is 4.92. The summed E-state index contributed by atoms with van der Waals surface area (Å²) in [5, 5.41) is 0. The first-order valence-corrected chi connectivity index (χ1v) is 7.69. The number of methoxy groups -OCH3 is 1. The molecule has 1 aliphatic carbocycles. The van der Waals surface area contributed by atoms with Crippen molar-refractivity contribution in [1.82, 2.24) is 4.31 Å². The van der Waals surface area contributed by atoms with Crippen LogP contribution in [-0.2, 0) is 19.6 Å². The minimum Gasteiger partial charge on any atom is -0.469 e. The fourth-order valence-corrected chi connectivity index (χ4v) is 4.13. The molecule has 2 rings (SSSR count). The molecule has 0 atom stereocenters. The average molecular weight is 261 g/mol. The van der Waals surface area contributed by atoms with Gasteiger partial charge in [0.2, 0.25) is 10.0 Å². The first kappa shape index (κ1) is 12.8. The molecule has 0 aromatic carbocycles. The van der Waals surface area contributed by atoms with Crippen molar-refractivity contribution in [2.75, 3.05) is 26.0 Å². The van der Waals surface area contributed by atoms with Crippen LogP contribution in [0.3, 0.4) is 0 Å². The number of hydrogen-bond acceptors (Lipinski definition) is 4. The van der Waals surface area contributed by atoms with E-state index in [0.717, 1.165) is 12.8 Å². The third-order valence-electron chi connectivity index (χ3n) is 3.53. The molecule has 0 spiro atoms. The maximum absolute atomic E-state index is 12.0. The molecule has 2 aliphatic rings. The Bertz CT molecular complexity index is 380. The van der Waals surface area contributed by atoms with Crippen LogP contribution in [0, 0.1) is 11.8 Å². The quantitative estimate of drug-likeness (QED) is 0.696. The van der Waals surface area contributed by atoms with Crippen LogP contribution in [0.4, 0.5) is 0 Å². The molecule has 2 fully saturated rings. The summed E-state index contributed by atoms with van der Waals surface area (Å²) in [5.74, 6) is 0.311. The Morgan fingerprint density at radius 1 is 1.24 bits per heavy atom. The SMILES string of the molecule is COC(=O)C1CCN(S(=O)(=O)CC2CC2)CC1. The molecule has 0 amide bonds. The molecule has 5 nitrogen and oxygen atoms in total. The lowest BCUT2D eigenvalue weighted by Gasteiger charge is -2.29. The molecule has 1 heterocycles. The van der Waals surface area contributed by atoms with Gasteiger partial charge < -0.3 is 4.74 Å². The van der Waals surface area contributed by atoms with Crippen molar-refractivity contribution < 1.29 is 17.9 Å². The van der Waals surface area contributed by atoms with Gasteiger partial charge >= 0.3 is 5.97 Å². The van der Waals surface area contributed by atoms with Gasteiger partial charge in [0, 0.05) is 13.1 Å². The van der Waals surface area contributed by atoms with Crippen molar-refractivity contribution in [2.24, 2.45) is 11.8 Å². The van der Waals surface area contributed by atoms with Gasteiger partial charge in [-0.1, -0.05) is 0 Å². The predicted octanol–water partition coefficient (Wildman–Crippen LogP) is 0.611. The third-order valence-corrected chi connectivity index (χ3v) is 5.57. The van der Waals surface area contributed by atoms with Crippen LogP contribution >= 0.6 is 0 Å². The number of nitrogens with zero attached hydrogens (tertiary/aromatic N) is 1. The molecule has 0 aromatic rings. The summed E-state index contributed by atoms with van der Waals surface area (Å²) < 4.78 is 30.2. The monoisotopic (exact) mass is 261 g/mol. The largest absolute Gasteiger partial charge is 0.469 e. The standard InChI is InChI=1S/C11H19NO4S/c1-16-11(13)10-4-6-12(7-5-10)17(14,15)8-9-2-3-9/h9-10H,2-8H2,1H3. The minimum atomic E-state index is -3.09. The van der Waals surface area contributed by atoms with Crippen LogP contribution in [0.5, 0.6) is 0 Å². The van der Waals surface area contributed by atoms with Crippen LogP contribution in [0.25, 0.3) is 0 Å². The first-order chi connectivity index (χ1) is 8.03. The summed E-state index contributed by atoms with van der Waals surface area (Å²) in [5.41, 5.74) is 0. The van der Waals surface area contributed by atoms with E-state index in [1.165, 1.54) is 11.4 Å². The van der Waals surface area contributed by atoms with Gasteiger partial charge in [0.25, 0.3) is 0 Å². The lowest BCUT2D eigenvalue weighted by molar-refractivity contribution is -0.146. The van der Waals surface area contributed by atoms with E-state index >= 15 is 0 Å². The van der Waals surface area contributed by atoms with Crippen LogP contribution in [0.1, 0.15) is 25.7 Å². The Hall–Kier alpha value is -0.620. The van der Waals surface area contributed by atoms with Gasteiger partial charge in [-0.15, -0.1) is 0 Å². The molecule has 0 aromatic heterocycles. The number of hydrogen-bond donors (Lipinski definition) is 0. The Labute approximate surface area is 102 Å². The number of sulfonamides is 1. The van der Waals surface area contributed by atoms with Crippen molar-refractivity contribution >= 4 is 16.0 Å². The molecule has 1 saturated carbocycles. The first-order valence-electron chi connectivity index (χ1n) is 6.08. The molecular formula is C11H19NO4S. The average Bonchev–Trinajstić information content (AvgIpc) is 3.11. The highest BCUT2D eigenvalue weighted by atomic mass is 32.2. The zero-order valence-electron chi connectivity index (χ0n) is 10.1. The van der Waals surface area contributed by atoms with Gasteiger partial charge in [-0.2, -0.15) is 0 Å². The van der Waals surface area contributed by atoms with Gasteiger partial charge in [-0.05, 0) is 31.6 Å². The number of piperidine rings is 1. The molecule has 1 aliphatic heterocycles. The molecule has 0 unspecified atom stereocenters. The van der Waals surface area contributed by atoms with Gasteiger partial charge in [0.05, 0.1) is 18.8 Å². The highest BCUT2D eigenvalue weighted by Crippen LogP contribution is 2.32. The maximum Gasteiger partial charge on any atom is 0.308 e. The lowest BCUT2D eigenvalue weighted by Crippen LogP contribution is -2.41. The third kappa shape index (κ3) is 3.19. The van der Waals surface area contributed by atoms with E-state index in [1.807, 2.05) is 0 Å². The topological polar surface area (TPSA) is 63.7 Å². The molecule has 0 bridgehead atoms. The van der Waals surface area contributed by atoms with Crippen LogP contribution in [0.2, 0.25) is 0 Å². The number of ether oxygens (including phenoxy) is 1. The summed E-state index contributed by atoms with van der Waals surface area (Å²) >= 11 is 0. The summed E-state index contributed by atoms with van der Waals surface area (Å²) in [7, 11) is -1.72. The van der Waals surface area contributed by atoms with Crippen molar-refractivity contribution in [2.45, 2.75) is 25.7 Å². The summed E-state index contributed by atoms with van der Waals surface area (Å²) in [6.45, 7) is 0.906. The van der Waals surface area contributed by atoms with Gasteiger partial charge in [0.15, 0.2) is 0 Å². The van der Waals surface area contributed by atoms with Gasteiger partial charge in [0.1, 0.15) is 0 Å². The fraction of sp³-hybridized carbons (Fsp3) is 0.909. The zero-order valence-corrected chi connectivity index (χ0v) is 10.9. The zero-order chi connectivity index (χ0) is 12.5. The van der Waals surface area contributed by atoms with Crippen LogP contribution < -0.4 is 0 Å². The van der Waals surface area contributed by atoms with Crippen molar-refractivity contribution in [3.63, 3.8) is 0 Å². The maximum atomic E-state index is 12.0. The second kappa shape index (κ2) is 4.94. The predicted molar refractivity (Wildman–Crippen MR) is 62.8 cm³/mol. The number of carbonyl (C=O) groups excluding carboxylic acids is 1. The van der Waals surface area contributed by atoms with Gasteiger partial charge in [-0.3, -0.25) is 4.79 Å². The normalized spacial score (nSPS) is 23.6. The Balaban J connectivity index is 1.87. The fourth-order valence-electron chi connectivity index (χ4n) is 2.22. The number of esters is 1. The molecular weight excluding hydrogens is 242 g/mol. The van der Waals surface area contributed by atoms with Crippen LogP contribution in [0.15, 0.2) is 0 Å². The number of rotatable bonds is 4. The molecule has 0 radical (unpaired) electrons. The Morgan fingerprint density at radius 2 is 1.82 bits per heavy atom. The van der Waals surface area contributed by atoms with E-state index in [1.54, 1.807) is 0 Å². The summed E-state index contributed by atoms with van der Waals surface area (Å²) in [6.07, 6.45) is 3.24. The Kier molecular flexibility index (Phi) is 3.73. The molecule has 1 saturated heterocycles. The second-order valence-corrected chi connectivity index (χ2v) is 6.93.